The lowest BCUT2D eigenvalue weighted by atomic mass is 10.1. The highest BCUT2D eigenvalue weighted by molar-refractivity contribution is 6.35. The normalized spacial score (nSPS) is 14.7. The Hall–Kier alpha value is -1.81. The molecule has 5 heteroatoms. The van der Waals surface area contributed by atoms with Crippen LogP contribution in [0.4, 0.5) is 0 Å². The van der Waals surface area contributed by atoms with E-state index in [-0.39, 0.29) is 0 Å². The first-order valence-corrected chi connectivity index (χ1v) is 9.54. The maximum Gasteiger partial charge on any atom is 0.150 e. The molecule has 26 heavy (non-hydrogen) atoms. The van der Waals surface area contributed by atoms with E-state index in [4.69, 9.17) is 23.2 Å². The van der Waals surface area contributed by atoms with E-state index in [2.05, 4.69) is 11.9 Å². The number of aldehydes is 1. The van der Waals surface area contributed by atoms with Gasteiger partial charge in [-0.2, -0.15) is 0 Å². The summed E-state index contributed by atoms with van der Waals surface area (Å²) in [6, 6.07) is 13.0. The maximum absolute atomic E-state index is 10.8. The van der Waals surface area contributed by atoms with Crippen molar-refractivity contribution in [3.8, 4) is 5.69 Å². The minimum Gasteiger partial charge on any atom is -0.315 e. The van der Waals surface area contributed by atoms with Crippen molar-refractivity contribution in [3.63, 3.8) is 0 Å². The molecule has 0 unspecified atom stereocenters. The van der Waals surface area contributed by atoms with E-state index < -0.39 is 0 Å². The second-order valence-corrected chi connectivity index (χ2v) is 7.43. The van der Waals surface area contributed by atoms with Gasteiger partial charge in [0.2, 0.25) is 0 Å². The van der Waals surface area contributed by atoms with E-state index in [9.17, 15) is 4.79 Å². The van der Waals surface area contributed by atoms with E-state index in [1.54, 1.807) is 12.1 Å². The molecule has 1 aromatic heterocycles. The summed E-state index contributed by atoms with van der Waals surface area (Å²) < 4.78 is 1.96. The van der Waals surface area contributed by atoms with Crippen LogP contribution in [0.1, 0.15) is 29.6 Å². The van der Waals surface area contributed by atoms with E-state index in [1.165, 1.54) is 32.4 Å². The smallest absolute Gasteiger partial charge is 0.150 e. The fourth-order valence-corrected chi connectivity index (χ4v) is 3.61. The molecule has 4 rings (SSSR count). The number of aromatic nitrogens is 1. The molecule has 0 aliphatic carbocycles. The fourth-order valence-electron chi connectivity index (χ4n) is 3.17. The lowest BCUT2D eigenvalue weighted by Crippen LogP contribution is -2.24. The van der Waals surface area contributed by atoms with Gasteiger partial charge in [0.15, 0.2) is 0 Å². The van der Waals surface area contributed by atoms with E-state index >= 15 is 0 Å². The predicted molar refractivity (Wildman–Crippen MR) is 110 cm³/mol. The van der Waals surface area contributed by atoms with Crippen molar-refractivity contribution in [3.05, 3.63) is 64.3 Å². The Bertz CT molecular complexity index is 898. The van der Waals surface area contributed by atoms with Crippen LogP contribution in [0.25, 0.3) is 16.6 Å². The Morgan fingerprint density at radius 2 is 1.77 bits per heavy atom. The van der Waals surface area contributed by atoms with E-state index in [0.717, 1.165) is 22.9 Å². The molecule has 3 nitrogen and oxygen atoms in total. The molecule has 1 aliphatic rings. The van der Waals surface area contributed by atoms with Crippen LogP contribution in [0.5, 0.6) is 0 Å². The molecule has 2 heterocycles. The van der Waals surface area contributed by atoms with Crippen molar-refractivity contribution in [2.24, 2.45) is 0 Å². The lowest BCUT2D eigenvalue weighted by molar-refractivity contribution is 0.112. The molecule has 0 atom stereocenters. The first kappa shape index (κ1) is 19.0. The first-order valence-electron chi connectivity index (χ1n) is 8.79. The van der Waals surface area contributed by atoms with Gasteiger partial charge in [0, 0.05) is 27.9 Å². The minimum absolute atomic E-state index is 0.609. The Morgan fingerprint density at radius 1 is 1.00 bits per heavy atom. The monoisotopic (exact) mass is 388 g/mol. The van der Waals surface area contributed by atoms with Gasteiger partial charge in [-0.25, -0.2) is 0 Å². The number of likely N-dealkylation sites (tertiary alicyclic amines) is 1. The molecule has 0 radical (unpaired) electrons. The summed E-state index contributed by atoms with van der Waals surface area (Å²) in [5, 5.41) is 2.13. The number of carbonyl (C=O) groups is 1. The molecule has 136 valence electrons. The minimum atomic E-state index is 0.609. The summed E-state index contributed by atoms with van der Waals surface area (Å²) in [7, 11) is 2.19. The van der Waals surface area contributed by atoms with Gasteiger partial charge in [0.05, 0.1) is 10.5 Å². The number of rotatable bonds is 2. The van der Waals surface area contributed by atoms with Gasteiger partial charge < -0.3 is 9.47 Å². The zero-order valence-electron chi connectivity index (χ0n) is 14.8. The lowest BCUT2D eigenvalue weighted by Gasteiger charge is -2.20. The van der Waals surface area contributed by atoms with Crippen LogP contribution < -0.4 is 0 Å². The van der Waals surface area contributed by atoms with Crippen molar-refractivity contribution in [2.45, 2.75) is 19.3 Å². The summed E-state index contributed by atoms with van der Waals surface area (Å²) in [4.78, 5) is 13.2. The SMILES string of the molecule is CN1CCCCC1.O=Cc1ccc2c(c1)c(Cl)cn2-c1cccc(Cl)c1. The average molecular weight is 389 g/mol. The van der Waals surface area contributed by atoms with Gasteiger partial charge >= 0.3 is 0 Å². The molecule has 0 spiro atoms. The third-order valence-corrected chi connectivity index (χ3v) is 5.12. The Labute approximate surface area is 164 Å². The quantitative estimate of drug-likeness (QED) is 0.514. The molecular formula is C21H22Cl2N2O. The Balaban J connectivity index is 0.000000236. The van der Waals surface area contributed by atoms with Crippen molar-refractivity contribution < 1.29 is 4.79 Å². The summed E-state index contributed by atoms with van der Waals surface area (Å²) >= 11 is 12.2. The highest BCUT2D eigenvalue weighted by atomic mass is 35.5. The largest absolute Gasteiger partial charge is 0.315 e. The topological polar surface area (TPSA) is 25.2 Å². The third-order valence-electron chi connectivity index (χ3n) is 4.58. The van der Waals surface area contributed by atoms with Crippen LogP contribution in [0.15, 0.2) is 48.7 Å². The third kappa shape index (κ3) is 4.47. The highest BCUT2D eigenvalue weighted by Gasteiger charge is 2.09. The molecule has 0 bridgehead atoms. The number of piperidine rings is 1. The molecule has 1 saturated heterocycles. The number of benzene rings is 2. The number of nitrogens with zero attached hydrogens (tertiary/aromatic N) is 2. The molecule has 1 aliphatic heterocycles. The van der Waals surface area contributed by atoms with Gasteiger partial charge in [-0.1, -0.05) is 35.7 Å². The number of hydrogen-bond acceptors (Lipinski definition) is 2. The molecule has 2 aromatic carbocycles. The standard InChI is InChI=1S/C15H9Cl2NO.C6H13N/c16-11-2-1-3-12(7-11)18-8-14(17)13-6-10(9-19)4-5-15(13)18;1-7-5-3-2-4-6-7/h1-9H;2-6H2,1H3. The zero-order chi connectivity index (χ0) is 18.5. The van der Waals surface area contributed by atoms with Crippen LogP contribution >= 0.6 is 23.2 Å². The number of fused-ring (bicyclic) bond motifs is 1. The van der Waals surface area contributed by atoms with Crippen molar-refractivity contribution in [1.82, 2.24) is 9.47 Å². The Morgan fingerprint density at radius 3 is 2.38 bits per heavy atom. The number of halogens is 2. The van der Waals surface area contributed by atoms with Crippen LogP contribution in [0, 0.1) is 0 Å². The summed E-state index contributed by atoms with van der Waals surface area (Å²) in [5.74, 6) is 0. The fraction of sp³-hybridized carbons (Fsp3) is 0.286. The number of carbonyl (C=O) groups excluding carboxylic acids is 1. The second-order valence-electron chi connectivity index (χ2n) is 6.59. The van der Waals surface area contributed by atoms with Gasteiger partial charge in [0.1, 0.15) is 6.29 Å². The van der Waals surface area contributed by atoms with Crippen LogP contribution in [0.3, 0.4) is 0 Å². The van der Waals surface area contributed by atoms with Crippen molar-refractivity contribution >= 4 is 40.4 Å². The highest BCUT2D eigenvalue weighted by Crippen LogP contribution is 2.29. The average Bonchev–Trinajstić information content (AvgIpc) is 2.99. The molecule has 1 fully saturated rings. The van der Waals surface area contributed by atoms with Crippen molar-refractivity contribution in [1.29, 1.82) is 0 Å². The van der Waals surface area contributed by atoms with Gasteiger partial charge in [-0.05, 0) is 69.4 Å². The summed E-state index contributed by atoms with van der Waals surface area (Å²) in [6.07, 6.45) is 6.91. The summed E-state index contributed by atoms with van der Waals surface area (Å²) in [6.45, 7) is 2.64. The second kappa shape index (κ2) is 8.72. The van der Waals surface area contributed by atoms with Gasteiger partial charge in [-0.3, -0.25) is 4.79 Å². The zero-order valence-corrected chi connectivity index (χ0v) is 16.3. The van der Waals surface area contributed by atoms with Crippen LogP contribution in [-0.2, 0) is 0 Å². The van der Waals surface area contributed by atoms with Crippen LogP contribution in [0.2, 0.25) is 10.0 Å². The summed E-state index contributed by atoms with van der Waals surface area (Å²) in [5.41, 5.74) is 2.49. The maximum atomic E-state index is 10.8. The molecule has 3 aromatic rings. The molecule has 0 amide bonds. The first-order chi connectivity index (χ1) is 12.6. The molecule has 0 saturated carbocycles. The predicted octanol–water partition coefficient (Wildman–Crippen LogP) is 5.85. The van der Waals surface area contributed by atoms with E-state index in [1.807, 2.05) is 41.1 Å². The molecule has 0 N–H and O–H groups in total. The number of hydrogen-bond donors (Lipinski definition) is 0. The van der Waals surface area contributed by atoms with Crippen LogP contribution in [-0.4, -0.2) is 35.9 Å². The van der Waals surface area contributed by atoms with E-state index in [0.29, 0.717) is 15.6 Å². The molecular weight excluding hydrogens is 367 g/mol. The van der Waals surface area contributed by atoms with Crippen molar-refractivity contribution in [2.75, 3.05) is 20.1 Å². The van der Waals surface area contributed by atoms with Gasteiger partial charge in [0.25, 0.3) is 0 Å². The Kier molecular flexibility index (Phi) is 6.36. The van der Waals surface area contributed by atoms with Gasteiger partial charge in [-0.15, -0.1) is 0 Å².